The zero-order chi connectivity index (χ0) is 13.8. The van der Waals surface area contributed by atoms with E-state index in [1.807, 2.05) is 0 Å². The van der Waals surface area contributed by atoms with Crippen molar-refractivity contribution in [2.45, 2.75) is 6.54 Å². The maximum Gasteiger partial charge on any atom is 0.162 e. The molecule has 0 bridgehead atoms. The lowest BCUT2D eigenvalue weighted by atomic mass is 10.1. The van der Waals surface area contributed by atoms with Gasteiger partial charge in [-0.05, 0) is 24.3 Å². The van der Waals surface area contributed by atoms with Gasteiger partial charge in [0.15, 0.2) is 11.5 Å². The fraction of sp³-hybridized carbons (Fsp3) is 0.0714. The second kappa shape index (κ2) is 5.27. The van der Waals surface area contributed by atoms with Gasteiger partial charge in [0.2, 0.25) is 0 Å². The molecule has 0 radical (unpaired) electrons. The normalized spacial score (nSPS) is 9.89. The molecule has 2 rings (SSSR count). The lowest BCUT2D eigenvalue weighted by Gasteiger charge is -2.09. The van der Waals surface area contributed by atoms with Crippen LogP contribution in [-0.2, 0) is 6.54 Å². The van der Waals surface area contributed by atoms with Crippen LogP contribution in [0.25, 0.3) is 0 Å². The van der Waals surface area contributed by atoms with E-state index in [4.69, 9.17) is 5.26 Å². The van der Waals surface area contributed by atoms with Crippen LogP contribution in [-0.4, -0.2) is 10.2 Å². The van der Waals surface area contributed by atoms with Crippen molar-refractivity contribution in [1.29, 1.82) is 5.26 Å². The smallest absolute Gasteiger partial charge is 0.162 e. The summed E-state index contributed by atoms with van der Waals surface area (Å²) in [6.07, 6.45) is 0. The van der Waals surface area contributed by atoms with Gasteiger partial charge in [-0.1, -0.05) is 12.1 Å². The quantitative estimate of drug-likeness (QED) is 0.740. The van der Waals surface area contributed by atoms with Crippen LogP contribution < -0.4 is 5.32 Å². The maximum absolute atomic E-state index is 13.1. The van der Waals surface area contributed by atoms with Crippen molar-refractivity contribution in [3.05, 3.63) is 53.3 Å². The van der Waals surface area contributed by atoms with Gasteiger partial charge in [0.05, 0.1) is 5.56 Å². The zero-order valence-electron chi connectivity index (χ0n) is 9.89. The Morgan fingerprint density at radius 1 is 1.21 bits per heavy atom. The average molecular weight is 258 g/mol. The number of anilines is 1. The molecular formula is C14H11FN2O2. The third-order valence-electron chi connectivity index (χ3n) is 2.67. The number of hydrogen-bond donors (Lipinski definition) is 3. The number of phenols is 2. The van der Waals surface area contributed by atoms with Crippen molar-refractivity contribution in [3.8, 4) is 17.6 Å². The molecule has 0 aromatic heterocycles. The van der Waals surface area contributed by atoms with E-state index in [2.05, 4.69) is 5.32 Å². The van der Waals surface area contributed by atoms with Crippen LogP contribution in [0.4, 0.5) is 10.1 Å². The average Bonchev–Trinajstić information content (AvgIpc) is 2.42. The Hall–Kier alpha value is -2.74. The molecule has 0 unspecified atom stereocenters. The van der Waals surface area contributed by atoms with Crippen LogP contribution in [0.3, 0.4) is 0 Å². The third kappa shape index (κ3) is 2.75. The van der Waals surface area contributed by atoms with E-state index in [-0.39, 0.29) is 23.6 Å². The SMILES string of the molecule is N#Cc1cc(NCc2cccc(O)c2O)ccc1F. The molecule has 0 aliphatic heterocycles. The molecule has 0 amide bonds. The first-order chi connectivity index (χ1) is 9.11. The van der Waals surface area contributed by atoms with Crippen molar-refractivity contribution < 1.29 is 14.6 Å². The highest BCUT2D eigenvalue weighted by Gasteiger charge is 2.06. The van der Waals surface area contributed by atoms with E-state index >= 15 is 0 Å². The molecule has 0 atom stereocenters. The minimum atomic E-state index is -0.576. The summed E-state index contributed by atoms with van der Waals surface area (Å²) in [6.45, 7) is 0.247. The van der Waals surface area contributed by atoms with Gasteiger partial charge in [-0.2, -0.15) is 5.26 Å². The molecule has 19 heavy (non-hydrogen) atoms. The number of rotatable bonds is 3. The number of benzene rings is 2. The van der Waals surface area contributed by atoms with Gasteiger partial charge in [0, 0.05) is 17.8 Å². The molecule has 0 saturated carbocycles. The van der Waals surface area contributed by atoms with E-state index in [0.717, 1.165) is 0 Å². The van der Waals surface area contributed by atoms with Gasteiger partial charge >= 0.3 is 0 Å². The number of nitrogens with zero attached hydrogens (tertiary/aromatic N) is 1. The molecule has 0 saturated heterocycles. The topological polar surface area (TPSA) is 76.3 Å². The monoisotopic (exact) mass is 258 g/mol. The highest BCUT2D eigenvalue weighted by Crippen LogP contribution is 2.28. The summed E-state index contributed by atoms with van der Waals surface area (Å²) in [4.78, 5) is 0. The minimum Gasteiger partial charge on any atom is -0.504 e. The van der Waals surface area contributed by atoms with Crippen LogP contribution in [0.5, 0.6) is 11.5 Å². The Morgan fingerprint density at radius 2 is 2.00 bits per heavy atom. The van der Waals surface area contributed by atoms with Crippen LogP contribution >= 0.6 is 0 Å². The number of para-hydroxylation sites is 1. The summed E-state index contributed by atoms with van der Waals surface area (Å²) in [5, 5.41) is 30.6. The lowest BCUT2D eigenvalue weighted by Crippen LogP contribution is -2.00. The molecule has 4 nitrogen and oxygen atoms in total. The molecule has 2 aromatic carbocycles. The van der Waals surface area contributed by atoms with Gasteiger partial charge < -0.3 is 15.5 Å². The molecule has 3 N–H and O–H groups in total. The summed E-state index contributed by atoms with van der Waals surface area (Å²) in [7, 11) is 0. The van der Waals surface area contributed by atoms with Gasteiger partial charge in [-0.25, -0.2) is 4.39 Å². The first-order valence-electron chi connectivity index (χ1n) is 5.55. The van der Waals surface area contributed by atoms with E-state index in [0.29, 0.717) is 11.3 Å². The van der Waals surface area contributed by atoms with E-state index < -0.39 is 5.82 Å². The van der Waals surface area contributed by atoms with Gasteiger partial charge in [0.1, 0.15) is 11.9 Å². The minimum absolute atomic E-state index is 0.0508. The largest absolute Gasteiger partial charge is 0.504 e. The number of halogens is 1. The Bertz CT molecular complexity index is 650. The first-order valence-corrected chi connectivity index (χ1v) is 5.55. The number of nitrogens with one attached hydrogen (secondary N) is 1. The summed E-state index contributed by atoms with van der Waals surface area (Å²) >= 11 is 0. The summed E-state index contributed by atoms with van der Waals surface area (Å²) < 4.78 is 13.1. The van der Waals surface area contributed by atoms with E-state index in [1.165, 1.54) is 24.3 Å². The Morgan fingerprint density at radius 3 is 2.74 bits per heavy atom. The van der Waals surface area contributed by atoms with Crippen molar-refractivity contribution in [3.63, 3.8) is 0 Å². The predicted molar refractivity (Wildman–Crippen MR) is 68.2 cm³/mol. The lowest BCUT2D eigenvalue weighted by molar-refractivity contribution is 0.400. The van der Waals surface area contributed by atoms with Crippen molar-refractivity contribution in [2.24, 2.45) is 0 Å². The molecule has 0 aliphatic carbocycles. The third-order valence-corrected chi connectivity index (χ3v) is 2.67. The van der Waals surface area contributed by atoms with Gasteiger partial charge in [-0.3, -0.25) is 0 Å². The van der Waals surface area contributed by atoms with Crippen molar-refractivity contribution >= 4 is 5.69 Å². The summed E-state index contributed by atoms with van der Waals surface area (Å²) in [5.74, 6) is -0.970. The zero-order valence-corrected chi connectivity index (χ0v) is 9.89. The molecule has 2 aromatic rings. The second-order valence-electron chi connectivity index (χ2n) is 3.94. The summed E-state index contributed by atoms with van der Waals surface area (Å²) in [6, 6.07) is 10.5. The van der Waals surface area contributed by atoms with Crippen LogP contribution in [0.2, 0.25) is 0 Å². The Labute approximate surface area is 109 Å². The number of hydrogen-bond acceptors (Lipinski definition) is 4. The number of phenolic OH excluding ortho intramolecular Hbond substituents is 2. The van der Waals surface area contributed by atoms with Crippen LogP contribution in [0, 0.1) is 17.1 Å². The van der Waals surface area contributed by atoms with Crippen molar-refractivity contribution in [2.75, 3.05) is 5.32 Å². The fourth-order valence-electron chi connectivity index (χ4n) is 1.64. The highest BCUT2D eigenvalue weighted by atomic mass is 19.1. The molecule has 0 fully saturated rings. The van der Waals surface area contributed by atoms with Crippen LogP contribution in [0.15, 0.2) is 36.4 Å². The Balaban J connectivity index is 2.15. The predicted octanol–water partition coefficient (Wildman–Crippen LogP) is 2.72. The number of nitriles is 1. The molecule has 5 heteroatoms. The van der Waals surface area contributed by atoms with Crippen LogP contribution in [0.1, 0.15) is 11.1 Å². The maximum atomic E-state index is 13.1. The molecular weight excluding hydrogens is 247 g/mol. The fourth-order valence-corrected chi connectivity index (χ4v) is 1.64. The molecule has 0 heterocycles. The van der Waals surface area contributed by atoms with Crippen molar-refractivity contribution in [1.82, 2.24) is 0 Å². The Kier molecular flexibility index (Phi) is 3.53. The molecule has 0 spiro atoms. The number of aromatic hydroxyl groups is 2. The summed E-state index contributed by atoms with van der Waals surface area (Å²) in [5.41, 5.74) is 1.01. The van der Waals surface area contributed by atoms with E-state index in [9.17, 15) is 14.6 Å². The van der Waals surface area contributed by atoms with E-state index in [1.54, 1.807) is 18.2 Å². The second-order valence-corrected chi connectivity index (χ2v) is 3.94. The highest BCUT2D eigenvalue weighted by molar-refractivity contribution is 5.52. The van der Waals surface area contributed by atoms with Gasteiger partial charge in [0.25, 0.3) is 0 Å². The molecule has 0 aliphatic rings. The standard InChI is InChI=1S/C14H11FN2O2/c15-12-5-4-11(6-10(12)7-16)17-8-9-2-1-3-13(18)14(9)19/h1-6,17-19H,8H2. The van der Waals surface area contributed by atoms with Gasteiger partial charge in [-0.15, -0.1) is 0 Å². The first kappa shape index (κ1) is 12.7. The molecule has 96 valence electrons.